The van der Waals surface area contributed by atoms with Crippen molar-refractivity contribution in [3.05, 3.63) is 76.6 Å². The highest BCUT2D eigenvalue weighted by molar-refractivity contribution is 6.74. The molecule has 4 nitrogen and oxygen atoms in total. The van der Waals surface area contributed by atoms with E-state index in [1.54, 1.807) is 5.57 Å². The van der Waals surface area contributed by atoms with Crippen LogP contribution in [0, 0.1) is 28.4 Å². The number of hydrogen-bond acceptors (Lipinski definition) is 3. The van der Waals surface area contributed by atoms with Gasteiger partial charge in [-0.2, -0.15) is 0 Å². The Morgan fingerprint density at radius 2 is 1.60 bits per heavy atom. The van der Waals surface area contributed by atoms with E-state index in [4.69, 9.17) is 8.85 Å². The SMILES string of the molecule is C=C1/C(=C\C=C2/CCC[C@]3(C)[C@@H]([C@H](C)C/C=[N+](\[O-])Cc4ccccc4)CC[C@@H]23)C[C@@H](O[Si](C)(C)C(C)(C)C)C[C@@H]1O[Si](C)(C)C(C)(C)C. The van der Waals surface area contributed by atoms with Gasteiger partial charge in [-0.05, 0) is 109 Å². The van der Waals surface area contributed by atoms with Crippen LogP contribution in [0.1, 0.15) is 112 Å². The number of benzene rings is 1. The summed E-state index contributed by atoms with van der Waals surface area (Å²) in [6.07, 6.45) is 15.8. The number of allylic oxidation sites excluding steroid dienone is 3. The number of nitrogens with zero attached hydrogens (tertiary/aromatic N) is 1. The fourth-order valence-corrected chi connectivity index (χ4v) is 10.9. The van der Waals surface area contributed by atoms with Gasteiger partial charge in [0.15, 0.2) is 29.4 Å². The molecule has 0 amide bonds. The minimum Gasteiger partial charge on any atom is -0.624 e. The van der Waals surface area contributed by atoms with Gasteiger partial charge < -0.3 is 14.1 Å². The summed E-state index contributed by atoms with van der Waals surface area (Å²) in [7, 11) is -3.94. The van der Waals surface area contributed by atoms with Crippen molar-refractivity contribution in [1.29, 1.82) is 0 Å². The summed E-state index contributed by atoms with van der Waals surface area (Å²) in [5.41, 5.74) is 5.45. The monoisotopic (exact) mass is 691 g/mol. The topological polar surface area (TPSA) is 44.5 Å². The minimum absolute atomic E-state index is 0.00566. The minimum atomic E-state index is -2.00. The van der Waals surface area contributed by atoms with Crippen LogP contribution in [0.3, 0.4) is 0 Å². The Bertz CT molecular complexity index is 1360. The van der Waals surface area contributed by atoms with Crippen molar-refractivity contribution in [2.75, 3.05) is 0 Å². The standard InChI is InChI=1S/C42H69NO3Si2/c1-31(25-27-43(44)30-33-18-15-14-16-19-33)37-23-24-38-34(20-17-26-42(37,38)9)21-22-35-28-36(45-47(10,11)40(3,4)5)29-39(32(35)2)46-48(12,13)41(6,7)8/h14-16,18-19,21-22,27,31,36-39H,2,17,20,23-26,28-30H2,1,3-13H3/b34-21+,35-22-,43-27-/t31-,36-,37-,38+,39+,42-/m1/s1. The number of hydrogen-bond donors (Lipinski definition) is 0. The van der Waals surface area contributed by atoms with E-state index in [1.165, 1.54) is 37.7 Å². The Kier molecular flexibility index (Phi) is 12.1. The van der Waals surface area contributed by atoms with Gasteiger partial charge in [0.1, 0.15) is 0 Å². The van der Waals surface area contributed by atoms with Crippen LogP contribution in [0.15, 0.2) is 65.8 Å². The molecule has 0 heterocycles. The van der Waals surface area contributed by atoms with Crippen molar-refractivity contribution >= 4 is 22.8 Å². The molecule has 0 spiro atoms. The van der Waals surface area contributed by atoms with Crippen molar-refractivity contribution in [2.45, 2.75) is 162 Å². The van der Waals surface area contributed by atoms with Crippen molar-refractivity contribution in [2.24, 2.45) is 23.2 Å². The maximum Gasteiger partial charge on any atom is 0.192 e. The van der Waals surface area contributed by atoms with E-state index < -0.39 is 16.6 Å². The average Bonchev–Trinajstić information content (AvgIpc) is 3.33. The van der Waals surface area contributed by atoms with E-state index in [2.05, 4.69) is 100 Å². The Balaban J connectivity index is 1.54. The summed E-state index contributed by atoms with van der Waals surface area (Å²) in [5, 5.41) is 13.0. The zero-order chi connectivity index (χ0) is 35.7. The van der Waals surface area contributed by atoms with Crippen molar-refractivity contribution in [3.63, 3.8) is 0 Å². The first-order chi connectivity index (χ1) is 22.1. The van der Waals surface area contributed by atoms with E-state index in [-0.39, 0.29) is 27.7 Å². The molecule has 3 aliphatic carbocycles. The molecule has 6 heteroatoms. The summed E-state index contributed by atoms with van der Waals surface area (Å²) >= 11 is 0. The molecule has 0 radical (unpaired) electrons. The highest BCUT2D eigenvalue weighted by atomic mass is 28.4. The molecule has 48 heavy (non-hydrogen) atoms. The number of rotatable bonds is 10. The molecular weight excluding hydrogens is 623 g/mol. The van der Waals surface area contributed by atoms with Crippen molar-refractivity contribution in [3.8, 4) is 0 Å². The second-order valence-corrected chi connectivity index (χ2v) is 28.3. The fraction of sp³-hybridized carbons (Fsp3) is 0.690. The molecule has 6 atom stereocenters. The Hall–Kier alpha value is -1.74. The first-order valence-electron chi connectivity index (χ1n) is 18.9. The molecule has 0 bridgehead atoms. The Morgan fingerprint density at radius 3 is 2.23 bits per heavy atom. The van der Waals surface area contributed by atoms with Crippen LogP contribution in [-0.2, 0) is 15.4 Å². The molecule has 1 aromatic carbocycles. The lowest BCUT2D eigenvalue weighted by Crippen LogP contribution is -2.49. The number of fused-ring (bicyclic) bond motifs is 1. The zero-order valence-electron chi connectivity index (χ0n) is 32.7. The predicted molar refractivity (Wildman–Crippen MR) is 210 cm³/mol. The summed E-state index contributed by atoms with van der Waals surface area (Å²) in [5.74, 6) is 1.73. The van der Waals surface area contributed by atoms with Crippen LogP contribution in [0.5, 0.6) is 0 Å². The third kappa shape index (κ3) is 8.94. The Morgan fingerprint density at radius 1 is 0.979 bits per heavy atom. The third-order valence-electron chi connectivity index (χ3n) is 13.3. The highest BCUT2D eigenvalue weighted by Gasteiger charge is 2.51. The molecule has 3 aliphatic rings. The van der Waals surface area contributed by atoms with Gasteiger partial charge in [0.05, 0.1) is 12.2 Å². The molecule has 3 fully saturated rings. The van der Waals surface area contributed by atoms with Crippen molar-refractivity contribution < 1.29 is 13.6 Å². The maximum atomic E-state index is 12.7. The van der Waals surface area contributed by atoms with Gasteiger partial charge in [-0.1, -0.05) is 110 Å². The normalized spacial score (nSPS) is 30.2. The predicted octanol–water partition coefficient (Wildman–Crippen LogP) is 12.0. The lowest BCUT2D eigenvalue weighted by molar-refractivity contribution is -0.471. The molecule has 0 aromatic heterocycles. The molecule has 0 unspecified atom stereocenters. The first-order valence-corrected chi connectivity index (χ1v) is 24.7. The van der Waals surface area contributed by atoms with E-state index in [0.29, 0.717) is 24.3 Å². The van der Waals surface area contributed by atoms with Gasteiger partial charge in [-0.15, -0.1) is 0 Å². The third-order valence-corrected chi connectivity index (χ3v) is 22.3. The van der Waals surface area contributed by atoms with E-state index in [9.17, 15) is 5.21 Å². The van der Waals surface area contributed by atoms with E-state index in [1.807, 2.05) is 36.5 Å². The van der Waals surface area contributed by atoms with Crippen molar-refractivity contribution in [1.82, 2.24) is 0 Å². The maximum absolute atomic E-state index is 12.7. The summed E-state index contributed by atoms with van der Waals surface area (Å²) in [6.45, 7) is 33.5. The van der Waals surface area contributed by atoms with Crippen LogP contribution in [-0.4, -0.2) is 39.8 Å². The quantitative estimate of drug-likeness (QED) is 0.0806. The second-order valence-electron chi connectivity index (χ2n) is 18.8. The summed E-state index contributed by atoms with van der Waals surface area (Å²) in [6, 6.07) is 10.1. The summed E-state index contributed by atoms with van der Waals surface area (Å²) in [4.78, 5) is 0. The van der Waals surface area contributed by atoms with Gasteiger partial charge in [0.2, 0.25) is 0 Å². The van der Waals surface area contributed by atoms with Gasteiger partial charge in [-0.25, -0.2) is 4.74 Å². The van der Waals surface area contributed by atoms with Gasteiger partial charge >= 0.3 is 0 Å². The largest absolute Gasteiger partial charge is 0.624 e. The Labute approximate surface area is 297 Å². The van der Waals surface area contributed by atoms with Crippen LogP contribution in [0.2, 0.25) is 36.3 Å². The average molecular weight is 692 g/mol. The van der Waals surface area contributed by atoms with Gasteiger partial charge in [0, 0.05) is 18.4 Å². The second kappa shape index (κ2) is 14.9. The van der Waals surface area contributed by atoms with Gasteiger partial charge in [-0.3, -0.25) is 0 Å². The molecule has 1 aromatic rings. The summed E-state index contributed by atoms with van der Waals surface area (Å²) < 4.78 is 15.3. The lowest BCUT2D eigenvalue weighted by atomic mass is 9.61. The first kappa shape index (κ1) is 39.1. The smallest absolute Gasteiger partial charge is 0.192 e. The van der Waals surface area contributed by atoms with Crippen LogP contribution in [0.4, 0.5) is 0 Å². The molecule has 0 saturated heterocycles. The molecular formula is C42H69NO3Si2. The van der Waals surface area contributed by atoms with E-state index >= 15 is 0 Å². The van der Waals surface area contributed by atoms with E-state index in [0.717, 1.165) is 35.1 Å². The molecule has 268 valence electrons. The van der Waals surface area contributed by atoms with Gasteiger partial charge in [0.25, 0.3) is 0 Å². The van der Waals surface area contributed by atoms with Crippen LogP contribution in [0.25, 0.3) is 0 Å². The highest BCUT2D eigenvalue weighted by Crippen LogP contribution is 2.59. The van der Waals surface area contributed by atoms with Crippen LogP contribution >= 0.6 is 0 Å². The molecule has 0 N–H and O–H groups in total. The lowest BCUT2D eigenvalue weighted by Gasteiger charge is -2.45. The molecule has 4 rings (SSSR count). The fourth-order valence-electron chi connectivity index (χ4n) is 8.26. The number of hydroxylamine groups is 1. The zero-order valence-corrected chi connectivity index (χ0v) is 34.7. The van der Waals surface area contributed by atoms with Crippen LogP contribution < -0.4 is 0 Å². The molecule has 3 saturated carbocycles. The molecule has 0 aliphatic heterocycles.